The van der Waals surface area contributed by atoms with Crippen LogP contribution in [0.15, 0.2) is 36.4 Å². The Kier molecular flexibility index (Phi) is 13.9. The van der Waals surface area contributed by atoms with Crippen molar-refractivity contribution in [2.24, 2.45) is 0 Å². The SMILES string of the molecule is O=C(O)C(F)(F)F.O=C1COc2c(CCNCCN(C(=O)CCOCCc3ccccc3F)C3CCCCC3)ccc(O)c2N1. The summed E-state index contributed by atoms with van der Waals surface area (Å²) >= 11 is 0. The van der Waals surface area contributed by atoms with E-state index in [2.05, 4.69) is 10.6 Å². The molecule has 1 aliphatic heterocycles. The van der Waals surface area contributed by atoms with Gasteiger partial charge in [-0.3, -0.25) is 9.59 Å². The van der Waals surface area contributed by atoms with Crippen LogP contribution in [0.3, 0.4) is 0 Å². The number of alkyl halides is 3. The number of carbonyl (C=O) groups excluding carboxylic acids is 2. The van der Waals surface area contributed by atoms with E-state index in [-0.39, 0.29) is 36.0 Å². The van der Waals surface area contributed by atoms with Crippen molar-refractivity contribution in [3.63, 3.8) is 0 Å². The summed E-state index contributed by atoms with van der Waals surface area (Å²) in [5, 5.41) is 23.2. The minimum Gasteiger partial charge on any atom is -0.506 e. The van der Waals surface area contributed by atoms with Crippen molar-refractivity contribution in [1.82, 2.24) is 10.2 Å². The quantitative estimate of drug-likeness (QED) is 0.143. The van der Waals surface area contributed by atoms with Crippen molar-refractivity contribution in [3.05, 3.63) is 53.3 Å². The van der Waals surface area contributed by atoms with Gasteiger partial charge in [0.05, 0.1) is 19.6 Å². The van der Waals surface area contributed by atoms with Crippen LogP contribution in [-0.2, 0) is 32.0 Å². The molecule has 10 nitrogen and oxygen atoms in total. The average Bonchev–Trinajstić information content (AvgIpc) is 3.01. The summed E-state index contributed by atoms with van der Waals surface area (Å²) in [6.45, 7) is 2.59. The zero-order chi connectivity index (χ0) is 32.8. The number of rotatable bonds is 13. The fourth-order valence-electron chi connectivity index (χ4n) is 5.15. The number of carbonyl (C=O) groups is 3. The predicted molar refractivity (Wildman–Crippen MR) is 157 cm³/mol. The van der Waals surface area contributed by atoms with E-state index >= 15 is 0 Å². The van der Waals surface area contributed by atoms with Crippen molar-refractivity contribution in [2.75, 3.05) is 44.8 Å². The number of fused-ring (bicyclic) bond motifs is 1. The molecule has 2 aliphatic rings. The number of aliphatic carboxylic acids is 1. The van der Waals surface area contributed by atoms with Crippen LogP contribution in [0.4, 0.5) is 23.2 Å². The second-order valence-electron chi connectivity index (χ2n) is 10.7. The second-order valence-corrected chi connectivity index (χ2v) is 10.7. The lowest BCUT2D eigenvalue weighted by Crippen LogP contribution is -2.45. The van der Waals surface area contributed by atoms with E-state index in [1.165, 1.54) is 12.5 Å². The smallest absolute Gasteiger partial charge is 0.490 e. The number of anilines is 1. The summed E-state index contributed by atoms with van der Waals surface area (Å²) in [6.07, 6.45) is 1.94. The summed E-state index contributed by atoms with van der Waals surface area (Å²) in [4.78, 5) is 35.6. The number of carboxylic acid groups (broad SMARTS) is 1. The van der Waals surface area contributed by atoms with Crippen molar-refractivity contribution in [3.8, 4) is 11.5 Å². The van der Waals surface area contributed by atoms with Gasteiger partial charge < -0.3 is 35.2 Å². The molecule has 0 saturated heterocycles. The molecule has 45 heavy (non-hydrogen) atoms. The van der Waals surface area contributed by atoms with E-state index < -0.39 is 12.1 Å². The normalized spacial score (nSPS) is 14.8. The van der Waals surface area contributed by atoms with Gasteiger partial charge in [-0.25, -0.2) is 9.18 Å². The molecule has 1 aliphatic carbocycles. The Labute approximate surface area is 258 Å². The summed E-state index contributed by atoms with van der Waals surface area (Å²) in [7, 11) is 0. The molecule has 1 heterocycles. The summed E-state index contributed by atoms with van der Waals surface area (Å²) < 4.78 is 56.7. The molecule has 2 amide bonds. The van der Waals surface area contributed by atoms with Crippen LogP contribution in [-0.4, -0.2) is 84.6 Å². The molecule has 4 N–H and O–H groups in total. The van der Waals surface area contributed by atoms with Crippen molar-refractivity contribution in [1.29, 1.82) is 0 Å². The van der Waals surface area contributed by atoms with Crippen LogP contribution >= 0.6 is 0 Å². The highest BCUT2D eigenvalue weighted by atomic mass is 19.4. The molecular weight excluding hydrogens is 602 g/mol. The highest BCUT2D eigenvalue weighted by Gasteiger charge is 2.38. The third-order valence-electron chi connectivity index (χ3n) is 7.44. The van der Waals surface area contributed by atoms with Gasteiger partial charge in [0, 0.05) is 19.1 Å². The molecule has 2 aromatic rings. The van der Waals surface area contributed by atoms with E-state index in [0.29, 0.717) is 69.1 Å². The van der Waals surface area contributed by atoms with Gasteiger partial charge in [-0.15, -0.1) is 0 Å². The summed E-state index contributed by atoms with van der Waals surface area (Å²) in [5.74, 6) is -2.67. The van der Waals surface area contributed by atoms with Crippen molar-refractivity contribution < 1.29 is 51.6 Å². The van der Waals surface area contributed by atoms with Gasteiger partial charge in [-0.05, 0) is 55.5 Å². The van der Waals surface area contributed by atoms with Gasteiger partial charge in [0.1, 0.15) is 17.3 Å². The molecule has 0 bridgehead atoms. The Bertz CT molecular complexity index is 1290. The first-order chi connectivity index (χ1) is 21.5. The van der Waals surface area contributed by atoms with Crippen molar-refractivity contribution >= 4 is 23.5 Å². The molecule has 14 heteroatoms. The van der Waals surface area contributed by atoms with Gasteiger partial charge in [-0.2, -0.15) is 13.2 Å². The van der Waals surface area contributed by atoms with Crippen LogP contribution in [0.1, 0.15) is 49.7 Å². The maximum absolute atomic E-state index is 13.8. The number of aromatic hydroxyl groups is 1. The molecule has 0 radical (unpaired) electrons. The molecule has 2 aromatic carbocycles. The third kappa shape index (κ3) is 11.5. The number of phenols is 1. The lowest BCUT2D eigenvalue weighted by atomic mass is 9.94. The van der Waals surface area contributed by atoms with Crippen LogP contribution in [0, 0.1) is 5.82 Å². The number of nitrogens with one attached hydrogen (secondary N) is 2. The van der Waals surface area contributed by atoms with Crippen LogP contribution in [0.2, 0.25) is 0 Å². The number of ether oxygens (including phenoxy) is 2. The summed E-state index contributed by atoms with van der Waals surface area (Å²) in [5.41, 5.74) is 1.85. The van der Waals surface area contributed by atoms with Gasteiger partial charge in [-0.1, -0.05) is 43.5 Å². The molecule has 4 rings (SSSR count). The number of amides is 2. The fraction of sp³-hybridized carbons (Fsp3) is 0.516. The molecule has 0 unspecified atom stereocenters. The van der Waals surface area contributed by atoms with Gasteiger partial charge in [0.2, 0.25) is 5.91 Å². The first kappa shape index (κ1) is 35.6. The number of carboxylic acids is 1. The van der Waals surface area contributed by atoms with Crippen LogP contribution in [0.25, 0.3) is 0 Å². The largest absolute Gasteiger partial charge is 0.506 e. The van der Waals surface area contributed by atoms with Crippen LogP contribution in [0.5, 0.6) is 11.5 Å². The Hall–Kier alpha value is -3.91. The highest BCUT2D eigenvalue weighted by molar-refractivity contribution is 5.97. The van der Waals surface area contributed by atoms with Gasteiger partial charge in [0.15, 0.2) is 12.4 Å². The molecule has 248 valence electrons. The fourth-order valence-corrected chi connectivity index (χ4v) is 5.15. The monoisotopic (exact) mass is 641 g/mol. The van der Waals surface area contributed by atoms with Crippen molar-refractivity contribution in [2.45, 2.75) is 63.6 Å². The van der Waals surface area contributed by atoms with Crippen LogP contribution < -0.4 is 15.4 Å². The Morgan fingerprint density at radius 2 is 1.73 bits per heavy atom. The zero-order valence-electron chi connectivity index (χ0n) is 24.8. The number of halogens is 4. The first-order valence-electron chi connectivity index (χ1n) is 14.9. The topological polar surface area (TPSA) is 137 Å². The Balaban J connectivity index is 0.000000707. The lowest BCUT2D eigenvalue weighted by Gasteiger charge is -2.34. The second kappa shape index (κ2) is 17.5. The van der Waals surface area contributed by atoms with E-state index in [9.17, 15) is 32.3 Å². The molecule has 1 saturated carbocycles. The zero-order valence-corrected chi connectivity index (χ0v) is 24.8. The minimum absolute atomic E-state index is 0.0115. The molecule has 0 spiro atoms. The Morgan fingerprint density at radius 1 is 1.02 bits per heavy atom. The van der Waals surface area contributed by atoms with E-state index in [1.54, 1.807) is 24.3 Å². The molecule has 0 atom stereocenters. The predicted octanol–water partition coefficient (Wildman–Crippen LogP) is 4.44. The maximum Gasteiger partial charge on any atom is 0.490 e. The van der Waals surface area contributed by atoms with E-state index in [4.69, 9.17) is 19.4 Å². The highest BCUT2D eigenvalue weighted by Crippen LogP contribution is 2.39. The number of hydrogen-bond acceptors (Lipinski definition) is 7. The standard InChI is InChI=1S/C29H38FN3O5.C2HF3O2/c30-24-9-5-4-6-21(24)13-18-37-19-14-27(36)33(23-7-2-1-3-8-23)17-16-31-15-12-22-10-11-25(34)28-29(22)38-20-26(35)32-28;3-2(4,5)1(6)7/h4-6,9-11,23,31,34H,1-3,7-8,12-20H2,(H,32,35);(H,6,7). The maximum atomic E-state index is 13.8. The number of hydrogen-bond donors (Lipinski definition) is 4. The molecule has 0 aromatic heterocycles. The summed E-state index contributed by atoms with van der Waals surface area (Å²) in [6, 6.07) is 10.3. The number of nitrogens with zero attached hydrogens (tertiary/aromatic N) is 1. The third-order valence-corrected chi connectivity index (χ3v) is 7.44. The van der Waals surface area contributed by atoms with E-state index in [0.717, 1.165) is 31.2 Å². The van der Waals surface area contributed by atoms with Gasteiger partial charge in [0.25, 0.3) is 5.91 Å². The Morgan fingerprint density at radius 3 is 2.42 bits per heavy atom. The van der Waals surface area contributed by atoms with E-state index in [1.807, 2.05) is 11.0 Å². The number of benzene rings is 2. The minimum atomic E-state index is -5.08. The number of phenolic OH excluding ortho intramolecular Hbond substituents is 1. The van der Waals surface area contributed by atoms with Gasteiger partial charge >= 0.3 is 12.1 Å². The lowest BCUT2D eigenvalue weighted by molar-refractivity contribution is -0.192. The molecule has 1 fully saturated rings. The first-order valence-corrected chi connectivity index (χ1v) is 14.9. The average molecular weight is 642 g/mol. The molecular formula is C31H39F4N3O7.